The molecular weight excluding hydrogens is 516 g/mol. The molecule has 0 aromatic carbocycles. The van der Waals surface area contributed by atoms with Crippen LogP contribution in [0.3, 0.4) is 0 Å². The Kier molecular flexibility index (Phi) is 20.0. The first-order valence-electron chi connectivity index (χ1n) is 17.5. The Bertz CT molecular complexity index is 694. The minimum absolute atomic E-state index is 0.102. The molecule has 2 heterocycles. The maximum absolute atomic E-state index is 11.6. The Labute approximate surface area is 251 Å². The first-order valence-corrected chi connectivity index (χ1v) is 17.5. The average molecular weight is 581 g/mol. The van der Waals surface area contributed by atoms with Gasteiger partial charge in [-0.2, -0.15) is 0 Å². The molecule has 0 aromatic heterocycles. The lowest BCUT2D eigenvalue weighted by Crippen LogP contribution is -2.31. The Balaban J connectivity index is 1.37. The van der Waals surface area contributed by atoms with Crippen LogP contribution in [-0.4, -0.2) is 57.9 Å². The van der Waals surface area contributed by atoms with E-state index in [0.717, 1.165) is 64.2 Å². The number of rotatable bonds is 26. The summed E-state index contributed by atoms with van der Waals surface area (Å²) in [6.07, 6.45) is 26.7. The summed E-state index contributed by atoms with van der Waals surface area (Å²) in [6, 6.07) is 0. The first-order chi connectivity index (χ1) is 19.9. The van der Waals surface area contributed by atoms with Gasteiger partial charge in [0.15, 0.2) is 0 Å². The Morgan fingerprint density at radius 2 is 1.10 bits per heavy atom. The first kappa shape index (κ1) is 36.2. The van der Waals surface area contributed by atoms with Crippen molar-refractivity contribution in [2.75, 3.05) is 0 Å². The third-order valence-corrected chi connectivity index (χ3v) is 9.03. The van der Waals surface area contributed by atoms with Crippen molar-refractivity contribution in [1.82, 2.24) is 0 Å². The van der Waals surface area contributed by atoms with E-state index in [-0.39, 0.29) is 24.3 Å². The van der Waals surface area contributed by atoms with Gasteiger partial charge in [0.2, 0.25) is 0 Å². The highest BCUT2D eigenvalue weighted by Crippen LogP contribution is 2.28. The molecular formula is C35H64O6. The molecule has 6 heteroatoms. The minimum Gasteiger partial charge on any atom is -0.455 e. The zero-order valence-corrected chi connectivity index (χ0v) is 26.6. The molecule has 6 atom stereocenters. The number of carbonyl (C=O) groups is 1. The van der Waals surface area contributed by atoms with Gasteiger partial charge in [0.1, 0.15) is 6.10 Å². The summed E-state index contributed by atoms with van der Waals surface area (Å²) < 4.78 is 11.2. The summed E-state index contributed by atoms with van der Waals surface area (Å²) in [5.41, 5.74) is 0.617. The van der Waals surface area contributed by atoms with E-state index in [4.69, 9.17) is 9.47 Å². The van der Waals surface area contributed by atoms with Gasteiger partial charge in [-0.3, -0.25) is 0 Å². The van der Waals surface area contributed by atoms with Gasteiger partial charge in [0.25, 0.3) is 0 Å². The van der Waals surface area contributed by atoms with Gasteiger partial charge in [-0.1, -0.05) is 122 Å². The summed E-state index contributed by atoms with van der Waals surface area (Å²) in [5.74, 6) is -0.280. The lowest BCUT2D eigenvalue weighted by molar-refractivity contribution is -0.139. The van der Waals surface area contributed by atoms with Crippen molar-refractivity contribution < 1.29 is 29.6 Å². The van der Waals surface area contributed by atoms with Crippen LogP contribution in [0.1, 0.15) is 168 Å². The van der Waals surface area contributed by atoms with Crippen molar-refractivity contribution in [2.24, 2.45) is 0 Å². The predicted molar refractivity (Wildman–Crippen MR) is 167 cm³/mol. The summed E-state index contributed by atoms with van der Waals surface area (Å²) in [5, 5.41) is 31.4. The van der Waals surface area contributed by atoms with E-state index in [1.807, 2.05) is 13.0 Å². The van der Waals surface area contributed by atoms with E-state index in [2.05, 4.69) is 6.92 Å². The number of ether oxygens (including phenoxy) is 2. The van der Waals surface area contributed by atoms with Crippen LogP contribution < -0.4 is 0 Å². The summed E-state index contributed by atoms with van der Waals surface area (Å²) in [7, 11) is 0. The molecule has 0 amide bonds. The monoisotopic (exact) mass is 580 g/mol. The van der Waals surface area contributed by atoms with E-state index in [1.54, 1.807) is 0 Å². The molecule has 240 valence electrons. The molecule has 2 aliphatic rings. The number of cyclic esters (lactones) is 1. The second kappa shape index (κ2) is 22.6. The summed E-state index contributed by atoms with van der Waals surface area (Å²) in [4.78, 5) is 11.6. The number of aliphatic hydroxyl groups is 3. The predicted octanol–water partition coefficient (Wildman–Crippen LogP) is 8.09. The highest BCUT2D eigenvalue weighted by atomic mass is 16.5. The van der Waals surface area contributed by atoms with E-state index in [1.165, 1.54) is 83.5 Å². The molecule has 0 saturated carbocycles. The molecule has 2 rings (SSSR count). The fourth-order valence-electron chi connectivity index (χ4n) is 6.40. The van der Waals surface area contributed by atoms with Gasteiger partial charge in [-0.05, 0) is 45.1 Å². The van der Waals surface area contributed by atoms with Crippen LogP contribution >= 0.6 is 0 Å². The van der Waals surface area contributed by atoms with Crippen LogP contribution in [0.25, 0.3) is 0 Å². The summed E-state index contributed by atoms with van der Waals surface area (Å²) in [6.45, 7) is 4.10. The highest BCUT2D eigenvalue weighted by molar-refractivity contribution is 5.90. The van der Waals surface area contributed by atoms with E-state index >= 15 is 0 Å². The van der Waals surface area contributed by atoms with Gasteiger partial charge < -0.3 is 24.8 Å². The lowest BCUT2D eigenvalue weighted by Gasteiger charge is -2.22. The highest BCUT2D eigenvalue weighted by Gasteiger charge is 2.34. The summed E-state index contributed by atoms with van der Waals surface area (Å²) >= 11 is 0. The Morgan fingerprint density at radius 3 is 1.51 bits per heavy atom. The zero-order chi connectivity index (χ0) is 29.7. The molecule has 1 fully saturated rings. The fraction of sp³-hybridized carbons (Fsp3) is 0.914. The Hall–Kier alpha value is -0.950. The van der Waals surface area contributed by atoms with Crippen LogP contribution in [0.15, 0.2) is 11.6 Å². The van der Waals surface area contributed by atoms with Crippen molar-refractivity contribution >= 4 is 5.97 Å². The van der Waals surface area contributed by atoms with Gasteiger partial charge in [-0.25, -0.2) is 4.79 Å². The van der Waals surface area contributed by atoms with Crippen LogP contribution in [0.4, 0.5) is 0 Å². The fourth-order valence-corrected chi connectivity index (χ4v) is 6.40. The topological polar surface area (TPSA) is 96.2 Å². The number of hydrogen-bond acceptors (Lipinski definition) is 6. The standard InChI is InChI=1S/C35H64O6/c1-3-4-5-6-7-8-9-13-16-19-22-31(37)33-24-25-34(41-33)32(38)23-20-17-14-11-10-12-15-18-21-30(36)27-29-26-28(2)40-35(29)39/h26,28,30-34,36-38H,3-25,27H2,1-2H3/t28-,30-,31-,32-,33+,34-/m1/s1. The van der Waals surface area contributed by atoms with Gasteiger partial charge in [0, 0.05) is 12.0 Å². The van der Waals surface area contributed by atoms with Crippen LogP contribution in [0.5, 0.6) is 0 Å². The van der Waals surface area contributed by atoms with Crippen molar-refractivity contribution in [3.8, 4) is 0 Å². The van der Waals surface area contributed by atoms with E-state index in [9.17, 15) is 20.1 Å². The smallest absolute Gasteiger partial charge is 0.334 e. The molecule has 6 nitrogen and oxygen atoms in total. The maximum Gasteiger partial charge on any atom is 0.334 e. The molecule has 0 unspecified atom stereocenters. The average Bonchev–Trinajstić information content (AvgIpc) is 3.57. The van der Waals surface area contributed by atoms with Crippen LogP contribution in [0, 0.1) is 0 Å². The number of unbranched alkanes of at least 4 members (excludes halogenated alkanes) is 16. The van der Waals surface area contributed by atoms with Crippen LogP contribution in [-0.2, 0) is 14.3 Å². The molecule has 0 aromatic rings. The second-order valence-corrected chi connectivity index (χ2v) is 13.0. The lowest BCUT2D eigenvalue weighted by atomic mass is 9.99. The molecule has 41 heavy (non-hydrogen) atoms. The quantitative estimate of drug-likeness (QED) is 0.0707. The van der Waals surface area contributed by atoms with E-state index < -0.39 is 18.3 Å². The van der Waals surface area contributed by atoms with Crippen molar-refractivity contribution in [3.63, 3.8) is 0 Å². The molecule has 2 aliphatic heterocycles. The largest absolute Gasteiger partial charge is 0.455 e. The molecule has 1 saturated heterocycles. The molecule has 0 radical (unpaired) electrons. The van der Waals surface area contributed by atoms with E-state index in [0.29, 0.717) is 12.0 Å². The van der Waals surface area contributed by atoms with Gasteiger partial charge in [-0.15, -0.1) is 0 Å². The Morgan fingerprint density at radius 1 is 0.683 bits per heavy atom. The third-order valence-electron chi connectivity index (χ3n) is 9.03. The molecule has 0 spiro atoms. The van der Waals surface area contributed by atoms with Gasteiger partial charge >= 0.3 is 5.97 Å². The third kappa shape index (κ3) is 16.5. The number of esters is 1. The normalized spacial score (nSPS) is 23.0. The second-order valence-electron chi connectivity index (χ2n) is 13.0. The zero-order valence-electron chi connectivity index (χ0n) is 26.6. The van der Waals surface area contributed by atoms with Crippen molar-refractivity contribution in [3.05, 3.63) is 11.6 Å². The SMILES string of the molecule is CCCCCCCCCCCC[C@@H](O)[C@@H]1CC[C@H]([C@H](O)CCCCCCCCCC[C@@H](O)CC2=C[C@@H](C)OC2=O)O1. The van der Waals surface area contributed by atoms with Crippen LogP contribution in [0.2, 0.25) is 0 Å². The number of aliphatic hydroxyl groups excluding tert-OH is 3. The maximum atomic E-state index is 11.6. The van der Waals surface area contributed by atoms with Crippen molar-refractivity contribution in [2.45, 2.75) is 205 Å². The number of hydrogen-bond donors (Lipinski definition) is 3. The minimum atomic E-state index is -0.461. The van der Waals surface area contributed by atoms with Crippen molar-refractivity contribution in [1.29, 1.82) is 0 Å². The molecule has 0 aliphatic carbocycles. The molecule has 0 bridgehead atoms. The number of carbonyl (C=O) groups excluding carboxylic acids is 1. The van der Waals surface area contributed by atoms with Gasteiger partial charge in [0.05, 0.1) is 30.5 Å². The molecule has 3 N–H and O–H groups in total.